The van der Waals surface area contributed by atoms with Gasteiger partial charge in [-0.25, -0.2) is 18.4 Å². The minimum absolute atomic E-state index is 0.0582. The highest BCUT2D eigenvalue weighted by molar-refractivity contribution is 5.73. The first-order valence-electron chi connectivity index (χ1n) is 12.2. The Balaban J connectivity index is 1.50. The number of aromatic nitrogens is 3. The zero-order valence-electron chi connectivity index (χ0n) is 20.0. The van der Waals surface area contributed by atoms with Crippen LogP contribution in [0.15, 0.2) is 60.7 Å². The molecule has 3 N–H and O–H groups in total. The second-order valence-corrected chi connectivity index (χ2v) is 9.63. The van der Waals surface area contributed by atoms with Crippen molar-refractivity contribution in [2.75, 3.05) is 6.54 Å². The maximum absolute atomic E-state index is 13.8. The van der Waals surface area contributed by atoms with Gasteiger partial charge in [0.1, 0.15) is 24.3 Å². The normalized spacial score (nSPS) is 21.5. The molecule has 1 aromatic carbocycles. The summed E-state index contributed by atoms with van der Waals surface area (Å²) < 4.78 is 29.2. The van der Waals surface area contributed by atoms with Crippen molar-refractivity contribution in [1.29, 1.82) is 0 Å². The van der Waals surface area contributed by atoms with Gasteiger partial charge in [-0.15, -0.1) is 0 Å². The lowest BCUT2D eigenvalue weighted by Gasteiger charge is -2.40. The van der Waals surface area contributed by atoms with Gasteiger partial charge >= 0.3 is 0 Å². The van der Waals surface area contributed by atoms with Crippen LogP contribution in [0.2, 0.25) is 0 Å². The average molecular weight is 486 g/mol. The van der Waals surface area contributed by atoms with Gasteiger partial charge in [-0.1, -0.05) is 31.4 Å². The van der Waals surface area contributed by atoms with Crippen molar-refractivity contribution in [3.8, 4) is 5.69 Å². The molecule has 3 unspecified atom stereocenters. The van der Waals surface area contributed by atoms with Crippen molar-refractivity contribution in [3.63, 3.8) is 0 Å². The molecule has 0 radical (unpaired) electrons. The largest absolute Gasteiger partial charge is 0.390 e. The van der Waals surface area contributed by atoms with E-state index in [0.29, 0.717) is 0 Å². The van der Waals surface area contributed by atoms with Crippen molar-refractivity contribution in [3.05, 3.63) is 66.3 Å². The number of nitrogens with zero attached hydrogens (tertiary/aromatic N) is 3. The predicted octanol–water partition coefficient (Wildman–Crippen LogP) is 4.00. The molecule has 1 saturated carbocycles. The summed E-state index contributed by atoms with van der Waals surface area (Å²) in [6.45, 7) is 1.61. The van der Waals surface area contributed by atoms with Gasteiger partial charge in [-0.2, -0.15) is 5.10 Å². The van der Waals surface area contributed by atoms with Crippen LogP contribution >= 0.6 is 0 Å². The van der Waals surface area contributed by atoms with Gasteiger partial charge in [-0.05, 0) is 49.0 Å². The molecule has 1 aromatic heterocycles. The van der Waals surface area contributed by atoms with Gasteiger partial charge in [0, 0.05) is 31.5 Å². The Morgan fingerprint density at radius 3 is 2.77 bits per heavy atom. The highest BCUT2D eigenvalue weighted by Gasteiger charge is 2.35. The Hall–Kier alpha value is -2.91. The third-order valence-corrected chi connectivity index (χ3v) is 7.00. The van der Waals surface area contributed by atoms with E-state index >= 15 is 0 Å². The SMILES string of the molecule is CC(=O)NC(CC1C=C(F)C=C(F)C1)C(O)CNC1(c2cccc(-n3cncn3)c2)CCCCC1. The van der Waals surface area contributed by atoms with Crippen LogP contribution in [0.4, 0.5) is 8.78 Å². The molecule has 35 heavy (non-hydrogen) atoms. The molecule has 2 aliphatic rings. The summed E-state index contributed by atoms with van der Waals surface area (Å²) in [5, 5.41) is 21.7. The lowest BCUT2D eigenvalue weighted by molar-refractivity contribution is -0.120. The summed E-state index contributed by atoms with van der Waals surface area (Å²) in [7, 11) is 0. The van der Waals surface area contributed by atoms with Gasteiger partial charge in [-0.3, -0.25) is 4.79 Å². The topological polar surface area (TPSA) is 92.1 Å². The number of amides is 1. The Bertz CT molecular complexity index is 1060. The molecule has 2 aliphatic carbocycles. The minimum Gasteiger partial charge on any atom is -0.390 e. The molecule has 9 heteroatoms. The van der Waals surface area contributed by atoms with Crippen LogP contribution in [0.1, 0.15) is 57.4 Å². The van der Waals surface area contributed by atoms with E-state index in [-0.39, 0.29) is 30.8 Å². The van der Waals surface area contributed by atoms with Crippen molar-refractivity contribution in [2.24, 2.45) is 5.92 Å². The number of hydrogen-bond donors (Lipinski definition) is 3. The van der Waals surface area contributed by atoms with Crippen LogP contribution in [-0.4, -0.2) is 44.5 Å². The Kier molecular flexibility index (Phi) is 8.07. The van der Waals surface area contributed by atoms with Gasteiger partial charge < -0.3 is 15.7 Å². The molecule has 0 saturated heterocycles. The summed E-state index contributed by atoms with van der Waals surface area (Å²) in [6, 6.07) is 7.51. The van der Waals surface area contributed by atoms with Crippen LogP contribution in [0.3, 0.4) is 0 Å². The molecular formula is C26H33F2N5O2. The number of benzene rings is 1. The van der Waals surface area contributed by atoms with Crippen molar-refractivity contribution in [1.82, 2.24) is 25.4 Å². The first kappa shape index (κ1) is 25.2. The summed E-state index contributed by atoms with van der Waals surface area (Å²) in [6.07, 6.45) is 9.86. The smallest absolute Gasteiger partial charge is 0.217 e. The molecule has 0 bridgehead atoms. The number of nitrogens with one attached hydrogen (secondary N) is 2. The number of aliphatic hydroxyl groups excluding tert-OH is 1. The lowest BCUT2D eigenvalue weighted by atomic mass is 9.76. The standard InChI is InChI=1S/C26H33F2N5O2/c1-18(34)32-24(12-19-10-21(27)14-22(28)11-19)25(35)15-30-26(8-3-2-4-9-26)20-6-5-7-23(13-20)33-17-29-16-31-33/h5-7,10,13-14,16-17,19,24-25,30,35H,2-4,8-9,11-12,15H2,1H3,(H,32,34). The molecule has 1 amide bonds. The molecule has 188 valence electrons. The van der Waals surface area contributed by atoms with Gasteiger partial charge in [0.25, 0.3) is 0 Å². The van der Waals surface area contributed by atoms with Crippen molar-refractivity contribution >= 4 is 5.91 Å². The second-order valence-electron chi connectivity index (χ2n) is 9.63. The van der Waals surface area contributed by atoms with E-state index in [1.54, 1.807) is 11.0 Å². The number of hydrogen-bond acceptors (Lipinski definition) is 5. The molecule has 0 spiro atoms. The Morgan fingerprint density at radius 1 is 1.29 bits per heavy atom. The first-order valence-corrected chi connectivity index (χ1v) is 12.2. The zero-order valence-corrected chi connectivity index (χ0v) is 20.0. The highest BCUT2D eigenvalue weighted by atomic mass is 19.1. The maximum atomic E-state index is 13.8. The first-order chi connectivity index (χ1) is 16.8. The van der Waals surface area contributed by atoms with Gasteiger partial charge in [0.2, 0.25) is 5.91 Å². The van der Waals surface area contributed by atoms with Crippen LogP contribution in [-0.2, 0) is 10.3 Å². The predicted molar refractivity (Wildman–Crippen MR) is 129 cm³/mol. The number of carbonyl (C=O) groups excluding carboxylic acids is 1. The quantitative estimate of drug-likeness (QED) is 0.499. The third-order valence-electron chi connectivity index (χ3n) is 7.00. The van der Waals surface area contributed by atoms with Crippen molar-refractivity contribution in [2.45, 2.75) is 69.6 Å². The number of halogens is 2. The van der Waals surface area contributed by atoms with Crippen molar-refractivity contribution < 1.29 is 18.7 Å². The minimum atomic E-state index is -0.929. The van der Waals surface area contributed by atoms with E-state index in [4.69, 9.17) is 0 Å². The fourth-order valence-corrected chi connectivity index (χ4v) is 5.29. The Morgan fingerprint density at radius 2 is 2.09 bits per heavy atom. The van der Waals surface area contributed by atoms with Crippen LogP contribution < -0.4 is 10.6 Å². The van der Waals surface area contributed by atoms with Crippen LogP contribution in [0.25, 0.3) is 5.69 Å². The van der Waals surface area contributed by atoms with E-state index in [0.717, 1.165) is 49.4 Å². The third kappa shape index (κ3) is 6.41. The van der Waals surface area contributed by atoms with E-state index in [1.165, 1.54) is 19.3 Å². The second kappa shape index (κ2) is 11.2. The molecule has 1 heterocycles. The molecule has 1 fully saturated rings. The highest BCUT2D eigenvalue weighted by Crippen LogP contribution is 2.38. The fraction of sp³-hybridized carbons (Fsp3) is 0.500. The zero-order chi connectivity index (χ0) is 24.8. The molecule has 4 rings (SSSR count). The summed E-state index contributed by atoms with van der Waals surface area (Å²) in [5.74, 6) is -1.88. The molecule has 7 nitrogen and oxygen atoms in total. The van der Waals surface area contributed by atoms with Gasteiger partial charge in [0.15, 0.2) is 0 Å². The summed E-state index contributed by atoms with van der Waals surface area (Å²) in [4.78, 5) is 15.9. The number of carbonyl (C=O) groups is 1. The van der Waals surface area contributed by atoms with E-state index in [9.17, 15) is 18.7 Å². The maximum Gasteiger partial charge on any atom is 0.217 e. The van der Waals surface area contributed by atoms with E-state index in [2.05, 4.69) is 32.8 Å². The molecule has 2 aromatic rings. The van der Waals surface area contributed by atoms with E-state index in [1.807, 2.05) is 12.1 Å². The number of rotatable bonds is 9. The molecule has 3 atom stereocenters. The van der Waals surface area contributed by atoms with Gasteiger partial charge in [0.05, 0.1) is 17.8 Å². The Labute approximate surface area is 204 Å². The van der Waals surface area contributed by atoms with Crippen LogP contribution in [0.5, 0.6) is 0 Å². The average Bonchev–Trinajstić information content (AvgIpc) is 3.37. The fourth-order valence-electron chi connectivity index (χ4n) is 5.29. The van der Waals surface area contributed by atoms with E-state index < -0.39 is 29.7 Å². The summed E-state index contributed by atoms with van der Waals surface area (Å²) >= 11 is 0. The number of aliphatic hydroxyl groups is 1. The summed E-state index contributed by atoms with van der Waals surface area (Å²) in [5.41, 5.74) is 1.69. The monoisotopic (exact) mass is 485 g/mol. The number of allylic oxidation sites excluding steroid dienone is 4. The molecular weight excluding hydrogens is 452 g/mol. The lowest BCUT2D eigenvalue weighted by Crippen LogP contribution is -2.52. The molecule has 0 aliphatic heterocycles. The van der Waals surface area contributed by atoms with Crippen LogP contribution in [0, 0.1) is 5.92 Å².